The number of nitrogens with zero attached hydrogens (tertiary/aromatic N) is 1. The third kappa shape index (κ3) is 4.75. The van der Waals surface area contributed by atoms with Crippen LogP contribution in [0.3, 0.4) is 0 Å². The van der Waals surface area contributed by atoms with E-state index in [9.17, 15) is 8.42 Å². The zero-order valence-electron chi connectivity index (χ0n) is 14.4. The highest BCUT2D eigenvalue weighted by molar-refractivity contribution is 7.89. The van der Waals surface area contributed by atoms with Crippen LogP contribution in [-0.2, 0) is 10.0 Å². The van der Waals surface area contributed by atoms with Gasteiger partial charge in [-0.05, 0) is 51.9 Å². The van der Waals surface area contributed by atoms with E-state index in [1.54, 1.807) is 25.2 Å². The summed E-state index contributed by atoms with van der Waals surface area (Å²) in [7, 11) is -1.89. The Balaban J connectivity index is 0.00000288. The molecule has 0 unspecified atom stereocenters. The minimum Gasteiger partial charge on any atom is -0.490 e. The SMILES string of the molecule is CCOc1ccc(S(=O)(=O)N(C)C2CCNCC2)cc1OCC.Cl. The van der Waals surface area contributed by atoms with Crippen LogP contribution < -0.4 is 14.8 Å². The fraction of sp³-hybridized carbons (Fsp3) is 0.625. The topological polar surface area (TPSA) is 67.9 Å². The van der Waals surface area contributed by atoms with E-state index in [4.69, 9.17) is 9.47 Å². The number of halogens is 1. The van der Waals surface area contributed by atoms with Crippen LogP contribution >= 0.6 is 12.4 Å². The van der Waals surface area contributed by atoms with Gasteiger partial charge in [-0.25, -0.2) is 8.42 Å². The average molecular weight is 379 g/mol. The number of ether oxygens (including phenoxy) is 2. The smallest absolute Gasteiger partial charge is 0.243 e. The highest BCUT2D eigenvalue weighted by atomic mass is 35.5. The van der Waals surface area contributed by atoms with Crippen molar-refractivity contribution in [2.24, 2.45) is 0 Å². The van der Waals surface area contributed by atoms with Gasteiger partial charge in [0.05, 0.1) is 18.1 Å². The lowest BCUT2D eigenvalue weighted by molar-refractivity contribution is 0.285. The summed E-state index contributed by atoms with van der Waals surface area (Å²) in [5.74, 6) is 1.03. The Morgan fingerprint density at radius 2 is 1.71 bits per heavy atom. The summed E-state index contributed by atoms with van der Waals surface area (Å²) < 4.78 is 38.2. The molecule has 1 saturated heterocycles. The molecule has 1 aliphatic rings. The van der Waals surface area contributed by atoms with Gasteiger partial charge in [-0.3, -0.25) is 0 Å². The fourth-order valence-electron chi connectivity index (χ4n) is 2.72. The highest BCUT2D eigenvalue weighted by Crippen LogP contribution is 2.32. The molecule has 24 heavy (non-hydrogen) atoms. The molecular formula is C16H27ClN2O4S. The number of hydrogen-bond acceptors (Lipinski definition) is 5. The van der Waals surface area contributed by atoms with Gasteiger partial charge in [0.1, 0.15) is 0 Å². The summed E-state index contributed by atoms with van der Waals surface area (Å²) in [5.41, 5.74) is 0. The summed E-state index contributed by atoms with van der Waals surface area (Å²) in [6.07, 6.45) is 1.65. The van der Waals surface area contributed by atoms with Crippen molar-refractivity contribution >= 4 is 22.4 Å². The Kier molecular flexibility index (Phi) is 8.29. The Morgan fingerprint density at radius 3 is 2.29 bits per heavy atom. The molecule has 6 nitrogen and oxygen atoms in total. The van der Waals surface area contributed by atoms with Crippen molar-refractivity contribution in [3.05, 3.63) is 18.2 Å². The van der Waals surface area contributed by atoms with E-state index in [0.29, 0.717) is 24.7 Å². The van der Waals surface area contributed by atoms with E-state index in [2.05, 4.69) is 5.32 Å². The van der Waals surface area contributed by atoms with Crippen LogP contribution in [-0.4, -0.2) is 52.1 Å². The number of sulfonamides is 1. The van der Waals surface area contributed by atoms with Crippen LogP contribution in [0, 0.1) is 0 Å². The van der Waals surface area contributed by atoms with E-state index in [-0.39, 0.29) is 23.3 Å². The van der Waals surface area contributed by atoms with Gasteiger partial charge in [0.2, 0.25) is 10.0 Å². The molecule has 1 heterocycles. The molecule has 1 aromatic carbocycles. The Morgan fingerprint density at radius 1 is 1.12 bits per heavy atom. The van der Waals surface area contributed by atoms with Crippen molar-refractivity contribution in [1.29, 1.82) is 0 Å². The van der Waals surface area contributed by atoms with E-state index >= 15 is 0 Å². The van der Waals surface area contributed by atoms with Gasteiger partial charge in [-0.1, -0.05) is 0 Å². The van der Waals surface area contributed by atoms with Crippen LogP contribution in [0.4, 0.5) is 0 Å². The maximum Gasteiger partial charge on any atom is 0.243 e. The van der Waals surface area contributed by atoms with Crippen LogP contribution in [0.1, 0.15) is 26.7 Å². The zero-order valence-corrected chi connectivity index (χ0v) is 16.1. The molecule has 0 aromatic heterocycles. The van der Waals surface area contributed by atoms with Gasteiger partial charge < -0.3 is 14.8 Å². The Hall–Kier alpha value is -1.02. The van der Waals surface area contributed by atoms with Gasteiger partial charge in [-0.15, -0.1) is 12.4 Å². The minimum atomic E-state index is -3.54. The van der Waals surface area contributed by atoms with E-state index in [0.717, 1.165) is 25.9 Å². The van der Waals surface area contributed by atoms with Crippen molar-refractivity contribution < 1.29 is 17.9 Å². The third-order valence-electron chi connectivity index (χ3n) is 4.01. The van der Waals surface area contributed by atoms with Crippen molar-refractivity contribution in [2.75, 3.05) is 33.4 Å². The van der Waals surface area contributed by atoms with Gasteiger partial charge >= 0.3 is 0 Å². The summed E-state index contributed by atoms with van der Waals surface area (Å²) >= 11 is 0. The largest absolute Gasteiger partial charge is 0.490 e. The van der Waals surface area contributed by atoms with Crippen LogP contribution in [0.15, 0.2) is 23.1 Å². The number of benzene rings is 1. The van der Waals surface area contributed by atoms with E-state index in [1.807, 2.05) is 13.8 Å². The maximum absolute atomic E-state index is 12.9. The summed E-state index contributed by atoms with van der Waals surface area (Å²) in [4.78, 5) is 0.241. The van der Waals surface area contributed by atoms with Crippen molar-refractivity contribution in [1.82, 2.24) is 9.62 Å². The molecule has 0 atom stereocenters. The number of piperidine rings is 1. The second kappa shape index (κ2) is 9.46. The molecule has 1 aliphatic heterocycles. The predicted molar refractivity (Wildman–Crippen MR) is 96.9 cm³/mol. The second-order valence-corrected chi connectivity index (χ2v) is 7.47. The van der Waals surface area contributed by atoms with Crippen LogP contribution in [0.2, 0.25) is 0 Å². The highest BCUT2D eigenvalue weighted by Gasteiger charge is 2.29. The molecule has 0 spiro atoms. The molecule has 138 valence electrons. The number of hydrogen-bond donors (Lipinski definition) is 1. The van der Waals surface area contributed by atoms with Crippen molar-refractivity contribution in [2.45, 2.75) is 37.6 Å². The number of rotatable bonds is 7. The molecule has 0 aliphatic carbocycles. The first-order chi connectivity index (χ1) is 11.0. The molecule has 0 radical (unpaired) electrons. The second-order valence-electron chi connectivity index (χ2n) is 5.48. The normalized spacial score (nSPS) is 15.8. The molecule has 0 bridgehead atoms. The fourth-order valence-corrected chi connectivity index (χ4v) is 4.16. The molecular weight excluding hydrogens is 352 g/mol. The third-order valence-corrected chi connectivity index (χ3v) is 5.92. The first kappa shape index (κ1) is 21.0. The summed E-state index contributed by atoms with van der Waals surface area (Å²) in [6.45, 7) is 6.38. The lowest BCUT2D eigenvalue weighted by Crippen LogP contribution is -2.43. The average Bonchev–Trinajstić information content (AvgIpc) is 2.57. The summed E-state index contributed by atoms with van der Waals surface area (Å²) in [5, 5.41) is 3.25. The molecule has 1 N–H and O–H groups in total. The lowest BCUT2D eigenvalue weighted by Gasteiger charge is -2.31. The quantitative estimate of drug-likeness (QED) is 0.788. The predicted octanol–water partition coefficient (Wildman–Crippen LogP) is 2.28. The van der Waals surface area contributed by atoms with E-state index < -0.39 is 10.0 Å². The van der Waals surface area contributed by atoms with E-state index in [1.165, 1.54) is 4.31 Å². The lowest BCUT2D eigenvalue weighted by atomic mass is 10.1. The van der Waals surface area contributed by atoms with Crippen LogP contribution in [0.25, 0.3) is 0 Å². The molecule has 2 rings (SSSR count). The van der Waals surface area contributed by atoms with Crippen LogP contribution in [0.5, 0.6) is 11.5 Å². The first-order valence-electron chi connectivity index (χ1n) is 8.09. The van der Waals surface area contributed by atoms with Crippen molar-refractivity contribution in [3.8, 4) is 11.5 Å². The summed E-state index contributed by atoms with van der Waals surface area (Å²) in [6, 6.07) is 4.84. The van der Waals surface area contributed by atoms with Gasteiger partial charge in [0, 0.05) is 19.2 Å². The minimum absolute atomic E-state index is 0. The monoisotopic (exact) mass is 378 g/mol. The molecule has 1 aromatic rings. The molecule has 8 heteroatoms. The first-order valence-corrected chi connectivity index (χ1v) is 9.53. The zero-order chi connectivity index (χ0) is 16.9. The molecule has 1 fully saturated rings. The standard InChI is InChI=1S/C16H26N2O4S.ClH/c1-4-21-15-7-6-14(12-16(15)22-5-2)23(19,20)18(3)13-8-10-17-11-9-13;/h6-7,12-13,17H,4-5,8-11H2,1-3H3;1H. The Bertz CT molecular complexity index is 619. The molecule has 0 saturated carbocycles. The Labute approximate surface area is 151 Å². The number of nitrogens with one attached hydrogen (secondary N) is 1. The van der Waals surface area contributed by atoms with Crippen molar-refractivity contribution in [3.63, 3.8) is 0 Å². The maximum atomic E-state index is 12.9. The molecule has 0 amide bonds. The van der Waals surface area contributed by atoms with Gasteiger partial charge in [-0.2, -0.15) is 4.31 Å². The van der Waals surface area contributed by atoms with Gasteiger partial charge in [0.25, 0.3) is 0 Å². The van der Waals surface area contributed by atoms with Gasteiger partial charge in [0.15, 0.2) is 11.5 Å².